The molecule has 0 bridgehead atoms. The van der Waals surface area contributed by atoms with Gasteiger partial charge in [-0.15, -0.1) is 0 Å². The number of carbonyl (C=O) groups excluding carboxylic acids is 1. The molecule has 0 aliphatic rings. The maximum Gasteiger partial charge on any atom is 0.274 e. The van der Waals surface area contributed by atoms with Gasteiger partial charge in [0, 0.05) is 24.6 Å². The van der Waals surface area contributed by atoms with Crippen molar-refractivity contribution in [1.82, 2.24) is 9.97 Å². The second kappa shape index (κ2) is 7.44. The number of nitrogens with one attached hydrogen (secondary N) is 2. The number of hydrogen-bond acceptors (Lipinski definition) is 5. The van der Waals surface area contributed by atoms with E-state index in [1.54, 1.807) is 18.5 Å². The zero-order valence-electron chi connectivity index (χ0n) is 13.9. The molecule has 0 saturated carbocycles. The van der Waals surface area contributed by atoms with Crippen molar-refractivity contribution in [1.29, 1.82) is 0 Å². The Kier molecular flexibility index (Phi) is 4.89. The largest absolute Gasteiger partial charge is 0.382 e. The summed E-state index contributed by atoms with van der Waals surface area (Å²) in [6.07, 6.45) is 3.32. The summed E-state index contributed by atoms with van der Waals surface area (Å²) in [5, 5.41) is 6.10. The predicted octanol–water partition coefficient (Wildman–Crippen LogP) is 3.23. The number of aromatic nitrogens is 2. The Hall–Kier alpha value is -3.41. The highest BCUT2D eigenvalue weighted by molar-refractivity contribution is 6.02. The van der Waals surface area contributed by atoms with Gasteiger partial charge in [0.1, 0.15) is 11.5 Å². The van der Waals surface area contributed by atoms with Gasteiger partial charge in [0.15, 0.2) is 0 Å². The molecule has 6 nitrogen and oxygen atoms in total. The molecule has 6 heteroatoms. The van der Waals surface area contributed by atoms with Crippen molar-refractivity contribution in [2.24, 2.45) is 0 Å². The Labute approximate surface area is 146 Å². The average Bonchev–Trinajstić information content (AvgIpc) is 2.62. The van der Waals surface area contributed by atoms with E-state index in [4.69, 9.17) is 5.73 Å². The van der Waals surface area contributed by atoms with Crippen LogP contribution in [-0.4, -0.2) is 15.9 Å². The molecule has 1 aromatic carbocycles. The summed E-state index contributed by atoms with van der Waals surface area (Å²) in [5.74, 6) is 0.221. The van der Waals surface area contributed by atoms with Gasteiger partial charge in [0.25, 0.3) is 5.91 Å². The van der Waals surface area contributed by atoms with Gasteiger partial charge < -0.3 is 16.4 Å². The molecule has 0 aliphatic heterocycles. The van der Waals surface area contributed by atoms with E-state index in [9.17, 15) is 4.79 Å². The molecular formula is C19H19N5O. The maximum atomic E-state index is 12.2. The van der Waals surface area contributed by atoms with Gasteiger partial charge in [0.05, 0.1) is 5.69 Å². The van der Waals surface area contributed by atoms with Crippen molar-refractivity contribution in [3.63, 3.8) is 0 Å². The van der Waals surface area contributed by atoms with Crippen LogP contribution in [0.25, 0.3) is 0 Å². The summed E-state index contributed by atoms with van der Waals surface area (Å²) >= 11 is 0. The fourth-order valence-electron chi connectivity index (χ4n) is 2.32. The number of amides is 1. The summed E-state index contributed by atoms with van der Waals surface area (Å²) in [7, 11) is 0. The third kappa shape index (κ3) is 4.32. The Morgan fingerprint density at radius 3 is 2.76 bits per heavy atom. The molecule has 25 heavy (non-hydrogen) atoms. The molecule has 0 spiro atoms. The van der Waals surface area contributed by atoms with Crippen LogP contribution >= 0.6 is 0 Å². The third-order valence-electron chi connectivity index (χ3n) is 3.65. The lowest BCUT2D eigenvalue weighted by Crippen LogP contribution is -2.13. The number of carbonyl (C=O) groups is 1. The average molecular weight is 333 g/mol. The van der Waals surface area contributed by atoms with E-state index in [0.717, 1.165) is 16.8 Å². The van der Waals surface area contributed by atoms with Crippen molar-refractivity contribution in [2.75, 3.05) is 16.4 Å². The first-order valence-corrected chi connectivity index (χ1v) is 7.89. The molecule has 0 atom stereocenters. The van der Waals surface area contributed by atoms with E-state index in [-0.39, 0.29) is 5.91 Å². The second-order valence-corrected chi connectivity index (χ2v) is 5.67. The highest BCUT2D eigenvalue weighted by atomic mass is 16.1. The topological polar surface area (TPSA) is 92.9 Å². The Morgan fingerprint density at radius 2 is 2.00 bits per heavy atom. The van der Waals surface area contributed by atoms with E-state index < -0.39 is 0 Å². The first kappa shape index (κ1) is 16.4. The molecule has 2 aromatic heterocycles. The second-order valence-electron chi connectivity index (χ2n) is 5.67. The maximum absolute atomic E-state index is 12.2. The van der Waals surface area contributed by atoms with E-state index in [0.29, 0.717) is 23.7 Å². The molecule has 3 rings (SSSR count). The molecular weight excluding hydrogens is 314 g/mol. The van der Waals surface area contributed by atoms with Gasteiger partial charge in [-0.25, -0.2) is 4.98 Å². The first-order valence-electron chi connectivity index (χ1n) is 7.89. The lowest BCUT2D eigenvalue weighted by Gasteiger charge is -2.10. The number of anilines is 3. The summed E-state index contributed by atoms with van der Waals surface area (Å²) < 4.78 is 0. The summed E-state index contributed by atoms with van der Waals surface area (Å²) in [6.45, 7) is 2.50. The minimum Gasteiger partial charge on any atom is -0.382 e. The van der Waals surface area contributed by atoms with E-state index in [1.165, 1.54) is 0 Å². The molecule has 126 valence electrons. The van der Waals surface area contributed by atoms with Crippen LogP contribution in [-0.2, 0) is 6.54 Å². The number of benzene rings is 1. The van der Waals surface area contributed by atoms with Crippen LogP contribution in [0, 0.1) is 6.92 Å². The Morgan fingerprint density at radius 1 is 1.12 bits per heavy atom. The lowest BCUT2D eigenvalue weighted by atomic mass is 10.2. The fourth-order valence-corrected chi connectivity index (χ4v) is 2.32. The normalized spacial score (nSPS) is 10.3. The van der Waals surface area contributed by atoms with Gasteiger partial charge in [-0.2, -0.15) is 0 Å². The quantitative estimate of drug-likeness (QED) is 0.666. The van der Waals surface area contributed by atoms with Crippen LogP contribution in [0.15, 0.2) is 60.9 Å². The molecule has 3 aromatic rings. The number of aryl methyl sites for hydroxylation is 1. The minimum atomic E-state index is -0.235. The van der Waals surface area contributed by atoms with Crippen molar-refractivity contribution in [2.45, 2.75) is 13.5 Å². The van der Waals surface area contributed by atoms with Crippen molar-refractivity contribution < 1.29 is 4.79 Å². The number of hydrogen-bond donors (Lipinski definition) is 3. The van der Waals surface area contributed by atoms with Crippen LogP contribution < -0.4 is 16.4 Å². The number of nitrogens with two attached hydrogens (primary N) is 1. The highest BCUT2D eigenvalue weighted by Crippen LogP contribution is 2.17. The molecule has 0 aliphatic carbocycles. The van der Waals surface area contributed by atoms with E-state index in [2.05, 4.69) is 20.6 Å². The van der Waals surface area contributed by atoms with Crippen LogP contribution in [0.3, 0.4) is 0 Å². The highest BCUT2D eigenvalue weighted by Gasteiger charge is 2.07. The molecule has 4 N–H and O–H groups in total. The zero-order chi connectivity index (χ0) is 17.6. The van der Waals surface area contributed by atoms with Crippen molar-refractivity contribution in [3.05, 3.63) is 77.7 Å². The van der Waals surface area contributed by atoms with Crippen molar-refractivity contribution in [3.8, 4) is 0 Å². The smallest absolute Gasteiger partial charge is 0.274 e. The molecule has 1 amide bonds. The van der Waals surface area contributed by atoms with Crippen LogP contribution in [0.4, 0.5) is 17.2 Å². The standard InChI is InChI=1S/C19H19N5O/c1-13-7-8-17(22-11-13)19(25)24-15-5-2-4-14(10-15)12-23-16-6-3-9-21-18(16)20/h2-11,23H,12H2,1H3,(H2,20,21)(H,24,25). The van der Waals surface area contributed by atoms with Gasteiger partial charge in [-0.1, -0.05) is 18.2 Å². The Bertz CT molecular complexity index is 877. The first-order chi connectivity index (χ1) is 12.1. The molecule has 0 saturated heterocycles. The molecule has 0 unspecified atom stereocenters. The number of rotatable bonds is 5. The third-order valence-corrected chi connectivity index (χ3v) is 3.65. The summed E-state index contributed by atoms with van der Waals surface area (Å²) in [6, 6.07) is 14.9. The molecule has 0 radical (unpaired) electrons. The van der Waals surface area contributed by atoms with Gasteiger partial charge in [0.2, 0.25) is 0 Å². The van der Waals surface area contributed by atoms with E-state index in [1.807, 2.05) is 49.4 Å². The lowest BCUT2D eigenvalue weighted by molar-refractivity contribution is 0.102. The number of pyridine rings is 2. The van der Waals surface area contributed by atoms with Crippen molar-refractivity contribution >= 4 is 23.1 Å². The zero-order valence-corrected chi connectivity index (χ0v) is 13.9. The predicted molar refractivity (Wildman–Crippen MR) is 99.3 cm³/mol. The van der Waals surface area contributed by atoms with Crippen LogP contribution in [0.1, 0.15) is 21.6 Å². The van der Waals surface area contributed by atoms with Crippen LogP contribution in [0.5, 0.6) is 0 Å². The van der Waals surface area contributed by atoms with Gasteiger partial charge in [-0.3, -0.25) is 9.78 Å². The summed E-state index contributed by atoms with van der Waals surface area (Å²) in [5.41, 5.74) is 9.72. The molecule has 2 heterocycles. The monoisotopic (exact) mass is 333 g/mol. The van der Waals surface area contributed by atoms with E-state index >= 15 is 0 Å². The number of nitrogens with zero attached hydrogens (tertiary/aromatic N) is 2. The minimum absolute atomic E-state index is 0.235. The van der Waals surface area contributed by atoms with Crippen LogP contribution in [0.2, 0.25) is 0 Å². The van der Waals surface area contributed by atoms with Gasteiger partial charge in [-0.05, 0) is 48.4 Å². The molecule has 0 fully saturated rings. The summed E-state index contributed by atoms with van der Waals surface area (Å²) in [4.78, 5) is 20.4. The SMILES string of the molecule is Cc1ccc(C(=O)Nc2cccc(CNc3cccnc3N)c2)nc1. The Balaban J connectivity index is 1.66. The number of nitrogen functional groups attached to an aromatic ring is 1. The fraction of sp³-hybridized carbons (Fsp3) is 0.105. The van der Waals surface area contributed by atoms with Gasteiger partial charge >= 0.3 is 0 Å².